The van der Waals surface area contributed by atoms with E-state index in [1.54, 1.807) is 0 Å². The van der Waals surface area contributed by atoms with Gasteiger partial charge in [-0.15, -0.1) is 0 Å². The van der Waals surface area contributed by atoms with Crippen molar-refractivity contribution in [3.63, 3.8) is 0 Å². The number of nitrogens with zero attached hydrogens (tertiary/aromatic N) is 1. The van der Waals surface area contributed by atoms with Crippen molar-refractivity contribution in [2.24, 2.45) is 0 Å². The minimum atomic E-state index is 0.948. The standard InChI is InChI=1S/C7H14Br2N/c1-6(8)7(9)5-10(2,3)4/h5H2,1-4H3/q+1/b7-6+. The molecule has 0 radical (unpaired) electrons. The van der Waals surface area contributed by atoms with E-state index in [1.807, 2.05) is 6.92 Å². The highest BCUT2D eigenvalue weighted by molar-refractivity contribution is 9.14. The van der Waals surface area contributed by atoms with Gasteiger partial charge < -0.3 is 4.48 Å². The number of hydrogen-bond donors (Lipinski definition) is 0. The summed E-state index contributed by atoms with van der Waals surface area (Å²) in [6.45, 7) is 3.07. The Balaban J connectivity index is 4.06. The minimum Gasteiger partial charge on any atom is -0.327 e. The summed E-state index contributed by atoms with van der Waals surface area (Å²) in [4.78, 5) is 0. The summed E-state index contributed by atoms with van der Waals surface area (Å²) in [5.74, 6) is 0. The Morgan fingerprint density at radius 2 is 1.60 bits per heavy atom. The largest absolute Gasteiger partial charge is 0.327 e. The molecule has 1 nitrogen and oxygen atoms in total. The molecule has 0 rings (SSSR count). The van der Waals surface area contributed by atoms with Crippen molar-refractivity contribution in [3.05, 3.63) is 8.96 Å². The summed E-state index contributed by atoms with van der Waals surface area (Å²) in [5, 5.41) is 0. The molecular formula is C7H14Br2N+. The molecule has 0 amide bonds. The second kappa shape index (κ2) is 3.88. The fourth-order valence-electron chi connectivity index (χ4n) is 0.525. The van der Waals surface area contributed by atoms with Crippen LogP contribution in [-0.4, -0.2) is 32.2 Å². The van der Waals surface area contributed by atoms with Gasteiger partial charge in [-0.2, -0.15) is 0 Å². The monoisotopic (exact) mass is 270 g/mol. The summed E-state index contributed by atoms with van der Waals surface area (Å²) in [5.41, 5.74) is 0. The molecule has 0 aromatic carbocycles. The minimum absolute atomic E-state index is 0.948. The smallest absolute Gasteiger partial charge is 0.111 e. The number of allylic oxidation sites excluding steroid dienone is 1. The van der Waals surface area contributed by atoms with Crippen LogP contribution < -0.4 is 0 Å². The first-order valence-electron chi connectivity index (χ1n) is 3.14. The van der Waals surface area contributed by atoms with Gasteiger partial charge in [0, 0.05) is 4.48 Å². The number of rotatable bonds is 2. The third-order valence-electron chi connectivity index (χ3n) is 0.987. The molecule has 0 N–H and O–H groups in total. The quantitative estimate of drug-likeness (QED) is 0.678. The first kappa shape index (κ1) is 10.7. The van der Waals surface area contributed by atoms with Crippen molar-refractivity contribution in [2.75, 3.05) is 27.7 Å². The molecule has 0 saturated carbocycles. The van der Waals surface area contributed by atoms with Gasteiger partial charge in [-0.3, -0.25) is 0 Å². The van der Waals surface area contributed by atoms with Crippen LogP contribution in [0, 0.1) is 0 Å². The van der Waals surface area contributed by atoms with Crippen molar-refractivity contribution >= 4 is 31.9 Å². The lowest BCUT2D eigenvalue weighted by Gasteiger charge is -2.23. The molecule has 0 fully saturated rings. The molecule has 0 spiro atoms. The van der Waals surface area contributed by atoms with Gasteiger partial charge in [-0.05, 0) is 22.9 Å². The lowest BCUT2D eigenvalue weighted by molar-refractivity contribution is -0.864. The molecule has 0 aromatic heterocycles. The average molecular weight is 272 g/mol. The van der Waals surface area contributed by atoms with Crippen LogP contribution >= 0.6 is 31.9 Å². The van der Waals surface area contributed by atoms with E-state index >= 15 is 0 Å². The van der Waals surface area contributed by atoms with E-state index in [1.165, 1.54) is 8.96 Å². The van der Waals surface area contributed by atoms with Gasteiger partial charge in [0.1, 0.15) is 6.54 Å². The van der Waals surface area contributed by atoms with Gasteiger partial charge in [0.15, 0.2) is 0 Å². The predicted octanol–water partition coefficient (Wildman–Crippen LogP) is 2.71. The van der Waals surface area contributed by atoms with Crippen molar-refractivity contribution in [1.82, 2.24) is 0 Å². The van der Waals surface area contributed by atoms with E-state index in [0.29, 0.717) is 0 Å². The van der Waals surface area contributed by atoms with Crippen molar-refractivity contribution in [3.8, 4) is 0 Å². The second-order valence-corrected chi connectivity index (χ2v) is 5.53. The zero-order chi connectivity index (χ0) is 8.36. The van der Waals surface area contributed by atoms with Crippen LogP contribution in [0.1, 0.15) is 6.92 Å². The summed E-state index contributed by atoms with van der Waals surface area (Å²) < 4.78 is 3.37. The Bertz CT molecular complexity index is 140. The van der Waals surface area contributed by atoms with Crippen molar-refractivity contribution in [1.29, 1.82) is 0 Å². The summed E-state index contributed by atoms with van der Waals surface area (Å²) in [6, 6.07) is 0. The van der Waals surface area contributed by atoms with Gasteiger partial charge in [0.05, 0.1) is 25.6 Å². The van der Waals surface area contributed by atoms with E-state index in [2.05, 4.69) is 53.0 Å². The Labute approximate surface area is 79.9 Å². The lowest BCUT2D eigenvalue weighted by Crippen LogP contribution is -2.35. The van der Waals surface area contributed by atoms with Crippen LogP contribution in [-0.2, 0) is 0 Å². The zero-order valence-electron chi connectivity index (χ0n) is 6.91. The molecule has 60 valence electrons. The number of hydrogen-bond acceptors (Lipinski definition) is 0. The average Bonchev–Trinajstić information content (AvgIpc) is 1.60. The summed E-state index contributed by atoms with van der Waals surface area (Å²) >= 11 is 6.91. The molecule has 0 saturated heterocycles. The molecule has 0 bridgehead atoms. The molecule has 3 heteroatoms. The topological polar surface area (TPSA) is 0 Å². The van der Waals surface area contributed by atoms with Gasteiger partial charge in [-0.25, -0.2) is 0 Å². The van der Waals surface area contributed by atoms with Crippen LogP contribution in [0.15, 0.2) is 8.96 Å². The molecular weight excluding hydrogens is 258 g/mol. The summed E-state index contributed by atoms with van der Waals surface area (Å²) in [6.07, 6.45) is 0. The molecule has 0 heterocycles. The normalized spacial score (nSPS) is 15.0. The van der Waals surface area contributed by atoms with Gasteiger partial charge >= 0.3 is 0 Å². The number of quaternary nitrogens is 1. The third-order valence-corrected chi connectivity index (χ3v) is 2.84. The lowest BCUT2D eigenvalue weighted by atomic mass is 10.4. The highest BCUT2D eigenvalue weighted by Crippen LogP contribution is 2.18. The molecule has 0 aromatic rings. The van der Waals surface area contributed by atoms with Crippen LogP contribution in [0.2, 0.25) is 0 Å². The van der Waals surface area contributed by atoms with Gasteiger partial charge in [0.25, 0.3) is 0 Å². The fourth-order valence-corrected chi connectivity index (χ4v) is 1.40. The SMILES string of the molecule is C/C(Br)=C(\Br)C[N+](C)(C)C. The highest BCUT2D eigenvalue weighted by atomic mass is 79.9. The molecule has 0 unspecified atom stereocenters. The number of likely N-dealkylation sites (N-methyl/N-ethyl adjacent to an activating group) is 1. The molecule has 0 aliphatic heterocycles. The maximum Gasteiger partial charge on any atom is 0.111 e. The maximum atomic E-state index is 3.50. The van der Waals surface area contributed by atoms with E-state index in [9.17, 15) is 0 Å². The summed E-state index contributed by atoms with van der Waals surface area (Å²) in [7, 11) is 6.49. The fraction of sp³-hybridized carbons (Fsp3) is 0.714. The Morgan fingerprint density at radius 1 is 1.20 bits per heavy atom. The van der Waals surface area contributed by atoms with Crippen LogP contribution in [0.3, 0.4) is 0 Å². The van der Waals surface area contributed by atoms with Crippen molar-refractivity contribution < 1.29 is 4.48 Å². The van der Waals surface area contributed by atoms with Gasteiger partial charge in [0.2, 0.25) is 0 Å². The van der Waals surface area contributed by atoms with Crippen LogP contribution in [0.5, 0.6) is 0 Å². The van der Waals surface area contributed by atoms with Crippen LogP contribution in [0.25, 0.3) is 0 Å². The maximum absolute atomic E-state index is 3.50. The predicted molar refractivity (Wildman–Crippen MR) is 53.5 cm³/mol. The second-order valence-electron chi connectivity index (χ2n) is 3.39. The highest BCUT2D eigenvalue weighted by Gasteiger charge is 2.09. The van der Waals surface area contributed by atoms with Crippen LogP contribution in [0.4, 0.5) is 0 Å². The van der Waals surface area contributed by atoms with E-state index < -0.39 is 0 Å². The molecule has 0 aliphatic carbocycles. The third kappa shape index (κ3) is 5.45. The Kier molecular flexibility index (Phi) is 4.14. The van der Waals surface area contributed by atoms with E-state index in [0.717, 1.165) is 11.0 Å². The molecule has 10 heavy (non-hydrogen) atoms. The first-order valence-corrected chi connectivity index (χ1v) is 4.73. The molecule has 0 aliphatic rings. The Morgan fingerprint density at radius 3 is 1.70 bits per heavy atom. The Hall–Kier alpha value is 0.660. The molecule has 0 atom stereocenters. The van der Waals surface area contributed by atoms with Gasteiger partial charge in [-0.1, -0.05) is 15.9 Å². The van der Waals surface area contributed by atoms with E-state index in [-0.39, 0.29) is 0 Å². The first-order chi connectivity index (χ1) is 4.33. The van der Waals surface area contributed by atoms with Crippen molar-refractivity contribution in [2.45, 2.75) is 6.92 Å². The van der Waals surface area contributed by atoms with E-state index in [4.69, 9.17) is 0 Å². The zero-order valence-corrected chi connectivity index (χ0v) is 10.1. The number of halogens is 2.